The Kier molecular flexibility index (Phi) is 11.7. The van der Waals surface area contributed by atoms with Crippen LogP contribution in [0.1, 0.15) is 5.56 Å². The SMILES string of the molecule is C[c-]1cccc1.[Cl-].[Cl-].[Zr+4].c1ccc2[cH-]ccc2c1. The molecule has 0 aromatic heterocycles. The van der Waals surface area contributed by atoms with Crippen LogP contribution < -0.4 is 24.8 Å². The van der Waals surface area contributed by atoms with Crippen molar-refractivity contribution >= 4 is 10.8 Å². The molecule has 0 saturated heterocycles. The van der Waals surface area contributed by atoms with E-state index < -0.39 is 0 Å². The van der Waals surface area contributed by atoms with Crippen LogP contribution in [0.4, 0.5) is 0 Å². The summed E-state index contributed by atoms with van der Waals surface area (Å²) in [6, 6.07) is 22.9. The zero-order valence-electron chi connectivity index (χ0n) is 10.1. The molecule has 0 saturated carbocycles. The summed E-state index contributed by atoms with van der Waals surface area (Å²) in [6.45, 7) is 2.08. The molecule has 0 amide bonds. The second kappa shape index (κ2) is 10.6. The first-order valence-electron chi connectivity index (χ1n) is 5.15. The molecule has 0 radical (unpaired) electrons. The maximum Gasteiger partial charge on any atom is 4.00 e. The van der Waals surface area contributed by atoms with Gasteiger partial charge in [-0.3, -0.25) is 0 Å². The van der Waals surface area contributed by atoms with Crippen LogP contribution in [0.2, 0.25) is 0 Å². The van der Waals surface area contributed by atoms with Crippen molar-refractivity contribution < 1.29 is 51.0 Å². The zero-order chi connectivity index (χ0) is 10.5. The Morgan fingerprint density at radius 1 is 0.889 bits per heavy atom. The second-order valence-electron chi connectivity index (χ2n) is 3.62. The second-order valence-corrected chi connectivity index (χ2v) is 3.62. The van der Waals surface area contributed by atoms with Crippen LogP contribution in [0.15, 0.2) is 66.7 Å². The summed E-state index contributed by atoms with van der Waals surface area (Å²) in [5, 5.41) is 2.66. The summed E-state index contributed by atoms with van der Waals surface area (Å²) in [4.78, 5) is 0. The van der Waals surface area contributed by atoms with Gasteiger partial charge in [-0.05, 0) is 0 Å². The van der Waals surface area contributed by atoms with Gasteiger partial charge in [0.15, 0.2) is 0 Å². The summed E-state index contributed by atoms with van der Waals surface area (Å²) in [5.41, 5.74) is 1.34. The van der Waals surface area contributed by atoms with Gasteiger partial charge in [-0.2, -0.15) is 35.2 Å². The topological polar surface area (TPSA) is 0 Å². The normalized spacial score (nSPS) is 8.06. The number of fused-ring (bicyclic) bond motifs is 1. The molecule has 18 heavy (non-hydrogen) atoms. The van der Waals surface area contributed by atoms with E-state index in [9.17, 15) is 0 Å². The number of hydrogen-bond donors (Lipinski definition) is 0. The van der Waals surface area contributed by atoms with Crippen LogP contribution >= 0.6 is 0 Å². The van der Waals surface area contributed by atoms with E-state index in [1.807, 2.05) is 12.1 Å². The molecule has 0 N–H and O–H groups in total. The van der Waals surface area contributed by atoms with Gasteiger partial charge in [0.25, 0.3) is 0 Å². The summed E-state index contributed by atoms with van der Waals surface area (Å²) in [5.74, 6) is 0. The number of benzene rings is 1. The third kappa shape index (κ3) is 6.00. The third-order valence-electron chi connectivity index (χ3n) is 2.38. The van der Waals surface area contributed by atoms with Gasteiger partial charge in [0.05, 0.1) is 0 Å². The van der Waals surface area contributed by atoms with Crippen LogP contribution in [0.5, 0.6) is 0 Å². The van der Waals surface area contributed by atoms with Crippen molar-refractivity contribution in [3.05, 3.63) is 72.3 Å². The molecule has 0 atom stereocenters. The molecule has 3 aromatic carbocycles. The molecule has 0 aliphatic rings. The third-order valence-corrected chi connectivity index (χ3v) is 2.38. The molecular formula is C15H14Cl2Zr. The molecule has 0 spiro atoms. The van der Waals surface area contributed by atoms with Crippen molar-refractivity contribution in [3.63, 3.8) is 0 Å². The average Bonchev–Trinajstić information content (AvgIpc) is 2.88. The molecular weight excluding hydrogens is 342 g/mol. The number of aryl methyl sites for hydroxylation is 1. The van der Waals surface area contributed by atoms with Gasteiger partial charge in [-0.1, -0.05) is 13.0 Å². The molecule has 3 rings (SSSR count). The van der Waals surface area contributed by atoms with Gasteiger partial charge < -0.3 is 24.8 Å². The smallest absolute Gasteiger partial charge is 1.00 e. The van der Waals surface area contributed by atoms with Gasteiger partial charge in [-0.25, -0.2) is 12.1 Å². The first-order valence-corrected chi connectivity index (χ1v) is 5.15. The van der Waals surface area contributed by atoms with Crippen molar-refractivity contribution in [3.8, 4) is 0 Å². The quantitative estimate of drug-likeness (QED) is 0.421. The Morgan fingerprint density at radius 3 is 2.00 bits per heavy atom. The van der Waals surface area contributed by atoms with E-state index in [-0.39, 0.29) is 51.0 Å². The molecule has 0 aliphatic heterocycles. The van der Waals surface area contributed by atoms with Crippen LogP contribution in [0.3, 0.4) is 0 Å². The summed E-state index contributed by atoms with van der Waals surface area (Å²) < 4.78 is 0. The van der Waals surface area contributed by atoms with Gasteiger partial charge in [-0.15, -0.1) is 29.7 Å². The average molecular weight is 356 g/mol. The predicted molar refractivity (Wildman–Crippen MR) is 66.3 cm³/mol. The van der Waals surface area contributed by atoms with Crippen molar-refractivity contribution in [1.82, 2.24) is 0 Å². The molecule has 3 aromatic rings. The van der Waals surface area contributed by atoms with E-state index in [2.05, 4.69) is 61.5 Å². The molecule has 0 bridgehead atoms. The minimum atomic E-state index is 0. The van der Waals surface area contributed by atoms with Crippen molar-refractivity contribution in [2.24, 2.45) is 0 Å². The van der Waals surface area contributed by atoms with Crippen molar-refractivity contribution in [2.75, 3.05) is 0 Å². The van der Waals surface area contributed by atoms with E-state index in [1.165, 1.54) is 16.3 Å². The fourth-order valence-corrected chi connectivity index (χ4v) is 1.54. The summed E-state index contributed by atoms with van der Waals surface area (Å²) >= 11 is 0. The van der Waals surface area contributed by atoms with Gasteiger partial charge in [0.2, 0.25) is 0 Å². The fraction of sp³-hybridized carbons (Fsp3) is 0.0667. The van der Waals surface area contributed by atoms with E-state index in [0.717, 1.165) is 0 Å². The van der Waals surface area contributed by atoms with Crippen LogP contribution in [0.25, 0.3) is 10.8 Å². The van der Waals surface area contributed by atoms with E-state index in [0.29, 0.717) is 0 Å². The summed E-state index contributed by atoms with van der Waals surface area (Å²) in [7, 11) is 0. The number of hydrogen-bond acceptors (Lipinski definition) is 0. The molecule has 92 valence electrons. The van der Waals surface area contributed by atoms with Crippen LogP contribution in [0, 0.1) is 6.92 Å². The van der Waals surface area contributed by atoms with Gasteiger partial charge >= 0.3 is 26.2 Å². The fourth-order valence-electron chi connectivity index (χ4n) is 1.54. The van der Waals surface area contributed by atoms with Crippen molar-refractivity contribution in [1.29, 1.82) is 0 Å². The van der Waals surface area contributed by atoms with Crippen LogP contribution in [-0.4, -0.2) is 0 Å². The minimum absolute atomic E-state index is 0. The molecule has 0 fully saturated rings. The largest absolute Gasteiger partial charge is 4.00 e. The molecule has 0 aliphatic carbocycles. The first-order chi connectivity index (χ1) is 7.36. The van der Waals surface area contributed by atoms with E-state index in [4.69, 9.17) is 0 Å². The molecule has 0 unspecified atom stereocenters. The zero-order valence-corrected chi connectivity index (χ0v) is 14.1. The van der Waals surface area contributed by atoms with Crippen LogP contribution in [-0.2, 0) is 26.2 Å². The Hall–Kier alpha value is -0.357. The molecule has 0 nitrogen and oxygen atoms in total. The Labute approximate surface area is 140 Å². The van der Waals surface area contributed by atoms with E-state index >= 15 is 0 Å². The molecule has 3 heteroatoms. The van der Waals surface area contributed by atoms with Gasteiger partial charge in [0, 0.05) is 0 Å². The number of halogens is 2. The monoisotopic (exact) mass is 354 g/mol. The maximum atomic E-state index is 2.12. The standard InChI is InChI=1S/C9H7.C6H7.2ClH.Zr/c1-2-5-9-7-3-6-8(9)4-1;1-6-4-2-3-5-6;;;/h1-7H;2-5H,1H3;2*1H;/q2*-1;;;+4/p-2. The molecule has 0 heterocycles. The summed E-state index contributed by atoms with van der Waals surface area (Å²) in [6.07, 6.45) is 0. The minimum Gasteiger partial charge on any atom is -1.00 e. The Morgan fingerprint density at radius 2 is 1.50 bits per heavy atom. The maximum absolute atomic E-state index is 2.12. The van der Waals surface area contributed by atoms with Crippen molar-refractivity contribution in [2.45, 2.75) is 6.92 Å². The Balaban J connectivity index is 0. The first kappa shape index (κ1) is 20.0. The van der Waals surface area contributed by atoms with E-state index in [1.54, 1.807) is 0 Å². The number of rotatable bonds is 0. The predicted octanol–water partition coefficient (Wildman–Crippen LogP) is -1.72. The Bertz CT molecular complexity index is 482. The van der Waals surface area contributed by atoms with Gasteiger partial charge in [0.1, 0.15) is 0 Å².